The van der Waals surface area contributed by atoms with Crippen LogP contribution >= 0.6 is 11.6 Å². The molecule has 4 rings (SSSR count). The van der Waals surface area contributed by atoms with Crippen LogP contribution in [0.2, 0.25) is 5.02 Å². The molecule has 0 saturated heterocycles. The molecule has 11 heteroatoms. The molecule has 0 unspecified atom stereocenters. The maximum Gasteiger partial charge on any atom is 0.419 e. The van der Waals surface area contributed by atoms with Gasteiger partial charge in [0.25, 0.3) is 5.91 Å². The molecule has 0 fully saturated rings. The number of carbonyl (C=O) groups excluding carboxylic acids is 1. The first-order valence-corrected chi connectivity index (χ1v) is 12.1. The number of amides is 1. The molecular formula is C29H20ClF7N2O. The SMILES string of the molecule is Cc1ccc([C@](Cc2ccccc2)(NC(=O)c2ccc(F)c(C(F)(F)F)c2)c2ccc(Cl)cn2)cc1C(F)(F)F. The fourth-order valence-electron chi connectivity index (χ4n) is 4.39. The molecule has 1 N–H and O–H groups in total. The van der Waals surface area contributed by atoms with Gasteiger partial charge in [-0.2, -0.15) is 26.3 Å². The molecule has 1 aromatic heterocycles. The Kier molecular flexibility index (Phi) is 7.94. The zero-order valence-corrected chi connectivity index (χ0v) is 21.4. The third kappa shape index (κ3) is 6.12. The van der Waals surface area contributed by atoms with Crippen molar-refractivity contribution in [1.82, 2.24) is 10.3 Å². The van der Waals surface area contributed by atoms with Crippen molar-refractivity contribution in [3.63, 3.8) is 0 Å². The first kappa shape index (κ1) is 29.1. The average molecular weight is 581 g/mol. The first-order chi connectivity index (χ1) is 18.7. The van der Waals surface area contributed by atoms with Crippen molar-refractivity contribution < 1.29 is 35.5 Å². The lowest BCUT2D eigenvalue weighted by molar-refractivity contribution is -0.140. The number of nitrogens with one attached hydrogen (secondary N) is 1. The number of pyridine rings is 1. The van der Waals surface area contributed by atoms with Crippen LogP contribution in [0.15, 0.2) is 85.1 Å². The minimum Gasteiger partial charge on any atom is -0.337 e. The molecule has 208 valence electrons. The predicted molar refractivity (Wildman–Crippen MR) is 135 cm³/mol. The monoisotopic (exact) mass is 580 g/mol. The van der Waals surface area contributed by atoms with Crippen molar-refractivity contribution in [3.05, 3.63) is 135 Å². The van der Waals surface area contributed by atoms with Gasteiger partial charge >= 0.3 is 12.4 Å². The van der Waals surface area contributed by atoms with Gasteiger partial charge in [-0.15, -0.1) is 0 Å². The van der Waals surface area contributed by atoms with E-state index in [1.54, 1.807) is 30.3 Å². The van der Waals surface area contributed by atoms with E-state index in [2.05, 4.69) is 10.3 Å². The Morgan fingerprint density at radius 2 is 1.52 bits per heavy atom. The van der Waals surface area contributed by atoms with Crippen LogP contribution in [-0.4, -0.2) is 10.9 Å². The fraction of sp³-hybridized carbons (Fsp3) is 0.172. The zero-order valence-electron chi connectivity index (χ0n) is 20.7. The van der Waals surface area contributed by atoms with Crippen LogP contribution in [0.1, 0.15) is 43.9 Å². The minimum atomic E-state index is -5.09. The Bertz CT molecular complexity index is 1520. The summed E-state index contributed by atoms with van der Waals surface area (Å²) in [7, 11) is 0. The summed E-state index contributed by atoms with van der Waals surface area (Å²) in [6.07, 6.45) is -8.73. The summed E-state index contributed by atoms with van der Waals surface area (Å²) in [6.45, 7) is 1.28. The van der Waals surface area contributed by atoms with Crippen molar-refractivity contribution in [3.8, 4) is 0 Å². The Morgan fingerprint density at radius 1 is 0.850 bits per heavy atom. The van der Waals surface area contributed by atoms with E-state index < -0.39 is 46.3 Å². The maximum absolute atomic E-state index is 14.0. The van der Waals surface area contributed by atoms with Gasteiger partial charge < -0.3 is 5.32 Å². The van der Waals surface area contributed by atoms with Crippen molar-refractivity contribution in [2.75, 3.05) is 0 Å². The van der Waals surface area contributed by atoms with Crippen LogP contribution in [0.4, 0.5) is 30.7 Å². The summed E-state index contributed by atoms with van der Waals surface area (Å²) < 4.78 is 95.9. The molecule has 4 aromatic rings. The summed E-state index contributed by atoms with van der Waals surface area (Å²) in [6, 6.07) is 16.5. The highest BCUT2D eigenvalue weighted by Crippen LogP contribution is 2.39. The van der Waals surface area contributed by atoms with Gasteiger partial charge in [-0.25, -0.2) is 4.39 Å². The number of alkyl halides is 6. The van der Waals surface area contributed by atoms with Gasteiger partial charge in [0.2, 0.25) is 0 Å². The highest BCUT2D eigenvalue weighted by molar-refractivity contribution is 6.30. The van der Waals surface area contributed by atoms with Gasteiger partial charge in [-0.3, -0.25) is 9.78 Å². The van der Waals surface area contributed by atoms with Crippen LogP contribution in [0.5, 0.6) is 0 Å². The topological polar surface area (TPSA) is 42.0 Å². The molecule has 0 radical (unpaired) electrons. The van der Waals surface area contributed by atoms with Gasteiger partial charge in [0, 0.05) is 18.2 Å². The number of nitrogens with zero attached hydrogens (tertiary/aromatic N) is 1. The molecule has 1 amide bonds. The molecule has 40 heavy (non-hydrogen) atoms. The van der Waals surface area contributed by atoms with Gasteiger partial charge in [0.1, 0.15) is 11.4 Å². The fourth-order valence-corrected chi connectivity index (χ4v) is 4.51. The molecule has 0 saturated carbocycles. The summed E-state index contributed by atoms with van der Waals surface area (Å²) >= 11 is 6.01. The molecular weight excluding hydrogens is 561 g/mol. The number of benzene rings is 3. The van der Waals surface area contributed by atoms with E-state index in [1.165, 1.54) is 37.4 Å². The minimum absolute atomic E-state index is 0.0318. The Hall–Kier alpha value is -3.92. The third-order valence-corrected chi connectivity index (χ3v) is 6.60. The van der Waals surface area contributed by atoms with Crippen LogP contribution in [0.3, 0.4) is 0 Å². The number of rotatable bonds is 6. The second-order valence-electron chi connectivity index (χ2n) is 9.10. The number of hydrogen-bond donors (Lipinski definition) is 1. The van der Waals surface area contributed by atoms with Gasteiger partial charge in [0.15, 0.2) is 0 Å². The van der Waals surface area contributed by atoms with Crippen LogP contribution in [0.25, 0.3) is 0 Å². The predicted octanol–water partition coefficient (Wildman–Crippen LogP) is 8.14. The van der Waals surface area contributed by atoms with Gasteiger partial charge in [-0.1, -0.05) is 54.1 Å². The Labute approximate surface area is 229 Å². The van der Waals surface area contributed by atoms with E-state index in [-0.39, 0.29) is 28.3 Å². The quantitative estimate of drug-likeness (QED) is 0.234. The van der Waals surface area contributed by atoms with Gasteiger partial charge in [-0.05, 0) is 60.0 Å². The lowest BCUT2D eigenvalue weighted by Gasteiger charge is -2.36. The highest BCUT2D eigenvalue weighted by Gasteiger charge is 2.41. The van der Waals surface area contributed by atoms with E-state index in [1.807, 2.05) is 0 Å². The van der Waals surface area contributed by atoms with E-state index in [4.69, 9.17) is 11.6 Å². The van der Waals surface area contributed by atoms with Crippen LogP contribution in [0, 0.1) is 12.7 Å². The van der Waals surface area contributed by atoms with E-state index in [9.17, 15) is 35.5 Å². The highest BCUT2D eigenvalue weighted by atomic mass is 35.5. The number of aryl methyl sites for hydroxylation is 1. The number of carbonyl (C=O) groups is 1. The summed E-state index contributed by atoms with van der Waals surface area (Å²) in [5.74, 6) is -2.67. The summed E-state index contributed by atoms with van der Waals surface area (Å²) in [4.78, 5) is 17.8. The number of hydrogen-bond acceptors (Lipinski definition) is 2. The van der Waals surface area contributed by atoms with Crippen molar-refractivity contribution in [2.24, 2.45) is 0 Å². The number of halogens is 8. The molecule has 0 bridgehead atoms. The molecule has 3 nitrogen and oxygen atoms in total. The molecule has 0 aliphatic heterocycles. The Balaban J connectivity index is 1.97. The second-order valence-corrected chi connectivity index (χ2v) is 9.54. The largest absolute Gasteiger partial charge is 0.419 e. The number of aromatic nitrogens is 1. The average Bonchev–Trinajstić information content (AvgIpc) is 2.88. The molecule has 3 aromatic carbocycles. The smallest absolute Gasteiger partial charge is 0.337 e. The van der Waals surface area contributed by atoms with E-state index in [0.29, 0.717) is 17.7 Å². The molecule has 0 aliphatic rings. The third-order valence-electron chi connectivity index (χ3n) is 6.37. The van der Waals surface area contributed by atoms with Crippen molar-refractivity contribution >= 4 is 17.5 Å². The molecule has 1 heterocycles. The second kappa shape index (κ2) is 10.9. The van der Waals surface area contributed by atoms with E-state index >= 15 is 0 Å². The maximum atomic E-state index is 14.0. The van der Waals surface area contributed by atoms with Crippen LogP contribution in [-0.2, 0) is 24.3 Å². The van der Waals surface area contributed by atoms with Gasteiger partial charge in [0.05, 0.1) is 21.8 Å². The Morgan fingerprint density at radius 3 is 2.12 bits per heavy atom. The lowest BCUT2D eigenvalue weighted by atomic mass is 9.79. The van der Waals surface area contributed by atoms with Crippen molar-refractivity contribution in [2.45, 2.75) is 31.2 Å². The molecule has 1 atom stereocenters. The first-order valence-electron chi connectivity index (χ1n) is 11.7. The zero-order chi connectivity index (χ0) is 29.3. The van der Waals surface area contributed by atoms with Crippen molar-refractivity contribution in [1.29, 1.82) is 0 Å². The van der Waals surface area contributed by atoms with Crippen LogP contribution < -0.4 is 5.32 Å². The molecule has 0 aliphatic carbocycles. The standard InChI is InChI=1S/C29H20ClF7N2O/c1-17-7-9-20(14-22(17)28(32,33)34)27(15-18-5-3-2-4-6-18,25-12-10-21(30)16-38-25)39-26(40)19-8-11-24(31)23(13-19)29(35,36)37/h2-14,16H,15H2,1H3,(H,39,40)/t27-/m0/s1. The normalized spacial score (nSPS) is 13.5. The lowest BCUT2D eigenvalue weighted by Crippen LogP contribution is -2.49. The summed E-state index contributed by atoms with van der Waals surface area (Å²) in [5.41, 5.74) is -4.45. The molecule has 0 spiro atoms. The summed E-state index contributed by atoms with van der Waals surface area (Å²) in [5, 5.41) is 2.85. The van der Waals surface area contributed by atoms with E-state index in [0.717, 1.165) is 12.1 Å².